The molecule has 0 aromatic carbocycles. The summed E-state index contributed by atoms with van der Waals surface area (Å²) >= 11 is 5.46. The lowest BCUT2D eigenvalue weighted by Crippen LogP contribution is -2.10. The second-order valence-corrected chi connectivity index (χ2v) is 3.47. The Morgan fingerprint density at radius 3 is 2.85 bits per heavy atom. The van der Waals surface area contributed by atoms with Gasteiger partial charge in [-0.25, -0.2) is 9.37 Å². The Morgan fingerprint density at radius 1 is 1.62 bits per heavy atom. The Bertz CT molecular complexity index is 291. The first kappa shape index (κ1) is 10.2. The Balaban J connectivity index is 2.63. The summed E-state index contributed by atoms with van der Waals surface area (Å²) in [6.07, 6.45) is 1.05. The number of nitrogens with one attached hydrogen (secondary N) is 1. The minimum atomic E-state index is -0.600. The van der Waals surface area contributed by atoms with Gasteiger partial charge in [0.2, 0.25) is 5.95 Å². The van der Waals surface area contributed by atoms with Gasteiger partial charge in [-0.05, 0) is 5.92 Å². The molecule has 5 heteroatoms. The minimum Gasteiger partial charge on any atom is -0.354 e. The van der Waals surface area contributed by atoms with Gasteiger partial charge in [0.25, 0.3) is 0 Å². The number of hydrogen-bond acceptors (Lipinski definition) is 3. The van der Waals surface area contributed by atoms with Gasteiger partial charge in [0.1, 0.15) is 0 Å². The van der Waals surface area contributed by atoms with Crippen molar-refractivity contribution in [3.05, 3.63) is 17.2 Å². The highest BCUT2D eigenvalue weighted by molar-refractivity contribution is 6.29. The Morgan fingerprint density at radius 2 is 2.31 bits per heavy atom. The molecule has 0 bridgehead atoms. The summed E-state index contributed by atoms with van der Waals surface area (Å²) in [5.74, 6) is 0.240. The van der Waals surface area contributed by atoms with E-state index in [1.54, 1.807) is 0 Å². The van der Waals surface area contributed by atoms with Crippen molar-refractivity contribution in [2.24, 2.45) is 5.92 Å². The quantitative estimate of drug-likeness (QED) is 0.767. The van der Waals surface area contributed by atoms with Gasteiger partial charge in [-0.15, -0.1) is 0 Å². The van der Waals surface area contributed by atoms with Crippen molar-refractivity contribution < 1.29 is 4.39 Å². The maximum atomic E-state index is 12.6. The first-order valence-electron chi connectivity index (χ1n) is 4.01. The largest absolute Gasteiger partial charge is 0.354 e. The summed E-state index contributed by atoms with van der Waals surface area (Å²) in [6, 6.07) is 0. The predicted octanol–water partition coefficient (Wildman–Crippen LogP) is 2.34. The Hall–Kier alpha value is -0.900. The molecule has 0 saturated heterocycles. The van der Waals surface area contributed by atoms with Crippen molar-refractivity contribution in [1.82, 2.24) is 9.97 Å². The van der Waals surface area contributed by atoms with E-state index in [2.05, 4.69) is 29.1 Å². The van der Waals surface area contributed by atoms with Crippen LogP contribution >= 0.6 is 11.6 Å². The molecule has 1 N–H and O–H groups in total. The van der Waals surface area contributed by atoms with Crippen LogP contribution in [0.25, 0.3) is 0 Å². The van der Waals surface area contributed by atoms with Gasteiger partial charge in [-0.1, -0.05) is 25.4 Å². The molecule has 0 atom stereocenters. The van der Waals surface area contributed by atoms with E-state index in [9.17, 15) is 4.39 Å². The van der Waals surface area contributed by atoms with Gasteiger partial charge >= 0.3 is 0 Å². The molecule has 72 valence electrons. The number of aromatic nitrogens is 2. The molecule has 1 aromatic rings. The third kappa shape index (κ3) is 3.14. The monoisotopic (exact) mass is 203 g/mol. The van der Waals surface area contributed by atoms with E-state index in [-0.39, 0.29) is 5.15 Å². The van der Waals surface area contributed by atoms with Crippen LogP contribution in [0, 0.1) is 11.7 Å². The molecular weight excluding hydrogens is 193 g/mol. The van der Waals surface area contributed by atoms with Crippen LogP contribution in [0.2, 0.25) is 5.15 Å². The van der Waals surface area contributed by atoms with Crippen molar-refractivity contribution >= 4 is 17.5 Å². The summed E-state index contributed by atoms with van der Waals surface area (Å²) < 4.78 is 12.6. The molecule has 1 rings (SSSR count). The lowest BCUT2D eigenvalue weighted by atomic mass is 10.2. The molecule has 0 aliphatic heterocycles. The second kappa shape index (κ2) is 4.37. The molecule has 0 amide bonds. The number of nitrogens with zero attached hydrogens (tertiary/aromatic N) is 2. The van der Waals surface area contributed by atoms with Crippen LogP contribution < -0.4 is 5.32 Å². The van der Waals surface area contributed by atoms with E-state index < -0.39 is 5.82 Å². The molecule has 1 aromatic heterocycles. The molecule has 0 radical (unpaired) electrons. The molecule has 13 heavy (non-hydrogen) atoms. The first-order valence-corrected chi connectivity index (χ1v) is 4.39. The number of halogens is 2. The van der Waals surface area contributed by atoms with E-state index in [1.165, 1.54) is 0 Å². The highest BCUT2D eigenvalue weighted by atomic mass is 35.5. The minimum absolute atomic E-state index is 0.152. The SMILES string of the molecule is CC(C)CNc1ncc(F)c(Cl)n1. The van der Waals surface area contributed by atoms with Crippen LogP contribution in [0.3, 0.4) is 0 Å². The first-order chi connectivity index (χ1) is 6.09. The van der Waals surface area contributed by atoms with Gasteiger partial charge in [0, 0.05) is 6.54 Å². The van der Waals surface area contributed by atoms with Crippen molar-refractivity contribution in [1.29, 1.82) is 0 Å². The molecule has 0 fully saturated rings. The Kier molecular flexibility index (Phi) is 3.42. The standard InChI is InChI=1S/C8H11ClFN3/c1-5(2)3-11-8-12-4-6(10)7(9)13-8/h4-5H,3H2,1-2H3,(H,11,12,13). The fraction of sp³-hybridized carbons (Fsp3) is 0.500. The Labute approximate surface area is 81.3 Å². The van der Waals surface area contributed by atoms with E-state index in [4.69, 9.17) is 11.6 Å². The summed E-state index contributed by atoms with van der Waals surface area (Å²) in [7, 11) is 0. The zero-order valence-corrected chi connectivity index (χ0v) is 8.27. The molecule has 3 nitrogen and oxygen atoms in total. The zero-order valence-electron chi connectivity index (χ0n) is 7.51. The van der Waals surface area contributed by atoms with Crippen molar-refractivity contribution in [2.45, 2.75) is 13.8 Å². The van der Waals surface area contributed by atoms with Crippen LogP contribution in [0.5, 0.6) is 0 Å². The van der Waals surface area contributed by atoms with Gasteiger partial charge in [-0.3, -0.25) is 0 Å². The predicted molar refractivity (Wildman–Crippen MR) is 50.3 cm³/mol. The molecule has 1 heterocycles. The van der Waals surface area contributed by atoms with Crippen LogP contribution in [-0.2, 0) is 0 Å². The van der Waals surface area contributed by atoms with E-state index in [1.807, 2.05) is 0 Å². The molecule has 0 spiro atoms. The van der Waals surface area contributed by atoms with E-state index >= 15 is 0 Å². The summed E-state index contributed by atoms with van der Waals surface area (Å²) in [6.45, 7) is 4.85. The summed E-state index contributed by atoms with van der Waals surface area (Å²) in [5, 5.41) is 2.79. The van der Waals surface area contributed by atoms with Crippen LogP contribution in [-0.4, -0.2) is 16.5 Å². The van der Waals surface area contributed by atoms with Gasteiger partial charge in [-0.2, -0.15) is 4.98 Å². The van der Waals surface area contributed by atoms with Crippen molar-refractivity contribution in [3.8, 4) is 0 Å². The zero-order chi connectivity index (χ0) is 9.84. The van der Waals surface area contributed by atoms with E-state index in [0.29, 0.717) is 11.9 Å². The maximum absolute atomic E-state index is 12.6. The highest BCUT2D eigenvalue weighted by Gasteiger charge is 2.03. The van der Waals surface area contributed by atoms with Crippen molar-refractivity contribution in [2.75, 3.05) is 11.9 Å². The second-order valence-electron chi connectivity index (χ2n) is 3.11. The molecule has 0 saturated carbocycles. The molecular formula is C8H11ClFN3. The average Bonchev–Trinajstić information content (AvgIpc) is 2.07. The third-order valence-electron chi connectivity index (χ3n) is 1.37. The maximum Gasteiger partial charge on any atom is 0.224 e. The highest BCUT2D eigenvalue weighted by Crippen LogP contribution is 2.11. The number of rotatable bonds is 3. The normalized spacial score (nSPS) is 10.5. The van der Waals surface area contributed by atoms with Crippen LogP contribution in [0.4, 0.5) is 10.3 Å². The lowest BCUT2D eigenvalue weighted by molar-refractivity contribution is 0.613. The number of hydrogen-bond donors (Lipinski definition) is 1. The molecule has 0 aliphatic rings. The topological polar surface area (TPSA) is 37.8 Å². The summed E-state index contributed by atoms with van der Waals surface area (Å²) in [4.78, 5) is 7.44. The third-order valence-corrected chi connectivity index (χ3v) is 1.63. The molecule has 0 aliphatic carbocycles. The summed E-state index contributed by atoms with van der Waals surface area (Å²) in [5.41, 5.74) is 0. The van der Waals surface area contributed by atoms with Gasteiger partial charge in [0.15, 0.2) is 11.0 Å². The van der Waals surface area contributed by atoms with E-state index in [0.717, 1.165) is 12.7 Å². The lowest BCUT2D eigenvalue weighted by Gasteiger charge is -2.06. The smallest absolute Gasteiger partial charge is 0.224 e. The van der Waals surface area contributed by atoms with Gasteiger partial charge in [0.05, 0.1) is 6.20 Å². The fourth-order valence-electron chi connectivity index (χ4n) is 0.727. The van der Waals surface area contributed by atoms with Crippen LogP contribution in [0.15, 0.2) is 6.20 Å². The number of anilines is 1. The fourth-order valence-corrected chi connectivity index (χ4v) is 0.856. The van der Waals surface area contributed by atoms with Gasteiger partial charge < -0.3 is 5.32 Å². The molecule has 0 unspecified atom stereocenters. The van der Waals surface area contributed by atoms with Crippen molar-refractivity contribution in [3.63, 3.8) is 0 Å². The average molecular weight is 204 g/mol. The van der Waals surface area contributed by atoms with Crippen LogP contribution in [0.1, 0.15) is 13.8 Å².